The molecular formula is C11H20N2O4. The fourth-order valence-corrected chi connectivity index (χ4v) is 1.66. The maximum atomic E-state index is 11.9. The molecule has 0 spiro atoms. The summed E-state index contributed by atoms with van der Waals surface area (Å²) in [6.45, 7) is 7.07. The minimum atomic E-state index is -0.611. The molecule has 0 saturated carbocycles. The van der Waals surface area contributed by atoms with Crippen LogP contribution in [0.3, 0.4) is 0 Å². The zero-order valence-corrected chi connectivity index (χ0v) is 10.8. The second kappa shape index (κ2) is 4.91. The van der Waals surface area contributed by atoms with Crippen LogP contribution in [0.25, 0.3) is 0 Å². The molecule has 1 atom stereocenters. The van der Waals surface area contributed by atoms with E-state index in [1.165, 1.54) is 4.90 Å². The highest BCUT2D eigenvalue weighted by atomic mass is 16.6. The first kappa shape index (κ1) is 13.8. The van der Waals surface area contributed by atoms with Gasteiger partial charge in [-0.1, -0.05) is 13.3 Å². The van der Waals surface area contributed by atoms with E-state index in [1.807, 2.05) is 6.92 Å². The van der Waals surface area contributed by atoms with Crippen LogP contribution in [-0.4, -0.2) is 45.5 Å². The molecule has 1 aliphatic rings. The molecule has 0 aromatic heterocycles. The van der Waals surface area contributed by atoms with Crippen LogP contribution in [0.1, 0.15) is 40.5 Å². The standard InChI is InChI=1S/C11H20N2O4/c1-5-6-8-12(7-9(14)13(8)16)10(15)17-11(2,3)4/h8,16H,5-7H2,1-4H3. The highest BCUT2D eigenvalue weighted by molar-refractivity contribution is 5.85. The number of rotatable bonds is 2. The van der Waals surface area contributed by atoms with Crippen molar-refractivity contribution in [1.29, 1.82) is 0 Å². The van der Waals surface area contributed by atoms with Crippen LogP contribution < -0.4 is 0 Å². The maximum absolute atomic E-state index is 11.9. The van der Waals surface area contributed by atoms with Gasteiger partial charge in [-0.25, -0.2) is 4.79 Å². The van der Waals surface area contributed by atoms with Crippen LogP contribution >= 0.6 is 0 Å². The smallest absolute Gasteiger partial charge is 0.412 e. The summed E-state index contributed by atoms with van der Waals surface area (Å²) in [5.41, 5.74) is -0.611. The van der Waals surface area contributed by atoms with Gasteiger partial charge in [0, 0.05) is 0 Å². The molecule has 1 N–H and O–H groups in total. The minimum Gasteiger partial charge on any atom is -0.444 e. The summed E-state index contributed by atoms with van der Waals surface area (Å²) < 4.78 is 5.19. The first-order chi connectivity index (χ1) is 7.76. The normalized spacial score (nSPS) is 21.0. The average Bonchev–Trinajstić information content (AvgIpc) is 2.44. The Kier molecular flexibility index (Phi) is 3.98. The number of hydrogen-bond acceptors (Lipinski definition) is 4. The second-order valence-electron chi connectivity index (χ2n) is 5.12. The topological polar surface area (TPSA) is 70.1 Å². The molecule has 1 fully saturated rings. The Labute approximate surface area is 101 Å². The Morgan fingerprint density at radius 1 is 1.53 bits per heavy atom. The average molecular weight is 244 g/mol. The lowest BCUT2D eigenvalue weighted by atomic mass is 10.2. The summed E-state index contributed by atoms with van der Waals surface area (Å²) in [6.07, 6.45) is 0.110. The molecule has 17 heavy (non-hydrogen) atoms. The number of nitrogens with zero attached hydrogens (tertiary/aromatic N) is 2. The summed E-state index contributed by atoms with van der Waals surface area (Å²) in [6, 6.07) is 0. The van der Waals surface area contributed by atoms with Crippen LogP contribution in [0, 0.1) is 0 Å². The van der Waals surface area contributed by atoms with Crippen molar-refractivity contribution in [3.8, 4) is 0 Å². The monoisotopic (exact) mass is 244 g/mol. The van der Waals surface area contributed by atoms with E-state index in [-0.39, 0.29) is 6.54 Å². The molecule has 1 saturated heterocycles. The minimum absolute atomic E-state index is 0.129. The maximum Gasteiger partial charge on any atom is 0.412 e. The molecule has 0 aliphatic carbocycles. The molecule has 0 radical (unpaired) electrons. The van der Waals surface area contributed by atoms with E-state index in [0.29, 0.717) is 11.5 Å². The van der Waals surface area contributed by atoms with Gasteiger partial charge >= 0.3 is 6.09 Å². The van der Waals surface area contributed by atoms with Gasteiger partial charge in [0.05, 0.1) is 0 Å². The highest BCUT2D eigenvalue weighted by Crippen LogP contribution is 2.21. The summed E-state index contributed by atoms with van der Waals surface area (Å²) in [4.78, 5) is 24.5. The van der Waals surface area contributed by atoms with Crippen molar-refractivity contribution in [3.05, 3.63) is 0 Å². The molecule has 2 amide bonds. The van der Waals surface area contributed by atoms with Crippen LogP contribution in [0.4, 0.5) is 4.79 Å². The first-order valence-corrected chi connectivity index (χ1v) is 5.77. The third-order valence-electron chi connectivity index (χ3n) is 2.38. The molecule has 6 heteroatoms. The third-order valence-corrected chi connectivity index (χ3v) is 2.38. The Balaban J connectivity index is 2.75. The Hall–Kier alpha value is -1.30. The fraction of sp³-hybridized carbons (Fsp3) is 0.818. The van der Waals surface area contributed by atoms with Gasteiger partial charge in [-0.05, 0) is 27.2 Å². The molecule has 0 aromatic rings. The van der Waals surface area contributed by atoms with E-state index in [2.05, 4.69) is 0 Å². The van der Waals surface area contributed by atoms with Gasteiger partial charge in [0.25, 0.3) is 5.91 Å². The molecule has 1 aliphatic heterocycles. The van der Waals surface area contributed by atoms with Crippen LogP contribution in [0.2, 0.25) is 0 Å². The van der Waals surface area contributed by atoms with Gasteiger partial charge in [0.1, 0.15) is 18.3 Å². The SMILES string of the molecule is CCCC1N(O)C(=O)CN1C(=O)OC(C)(C)C. The van der Waals surface area contributed by atoms with E-state index in [1.54, 1.807) is 20.8 Å². The molecule has 6 nitrogen and oxygen atoms in total. The predicted molar refractivity (Wildman–Crippen MR) is 60.3 cm³/mol. The van der Waals surface area contributed by atoms with Crippen LogP contribution in [0.5, 0.6) is 0 Å². The molecule has 0 aromatic carbocycles. The van der Waals surface area contributed by atoms with E-state index in [4.69, 9.17) is 4.74 Å². The predicted octanol–water partition coefficient (Wildman–Crippen LogP) is 1.58. The Morgan fingerprint density at radius 2 is 2.12 bits per heavy atom. The van der Waals surface area contributed by atoms with E-state index < -0.39 is 23.8 Å². The van der Waals surface area contributed by atoms with E-state index in [9.17, 15) is 14.8 Å². The molecule has 0 bridgehead atoms. The first-order valence-electron chi connectivity index (χ1n) is 5.77. The summed E-state index contributed by atoms with van der Waals surface area (Å²) >= 11 is 0. The molecule has 1 heterocycles. The quantitative estimate of drug-likeness (QED) is 0.749. The van der Waals surface area contributed by atoms with Gasteiger partial charge in [-0.2, -0.15) is 5.06 Å². The number of ether oxygens (including phenoxy) is 1. The molecule has 1 unspecified atom stereocenters. The Morgan fingerprint density at radius 3 is 2.59 bits per heavy atom. The van der Waals surface area contributed by atoms with Gasteiger partial charge in [-0.3, -0.25) is 14.9 Å². The van der Waals surface area contributed by atoms with E-state index in [0.717, 1.165) is 6.42 Å². The second-order valence-corrected chi connectivity index (χ2v) is 5.12. The van der Waals surface area contributed by atoms with Crippen molar-refractivity contribution in [3.63, 3.8) is 0 Å². The summed E-state index contributed by atoms with van der Waals surface area (Å²) in [5.74, 6) is -0.477. The van der Waals surface area contributed by atoms with E-state index >= 15 is 0 Å². The van der Waals surface area contributed by atoms with Gasteiger partial charge in [0.15, 0.2) is 0 Å². The zero-order valence-electron chi connectivity index (χ0n) is 10.8. The summed E-state index contributed by atoms with van der Waals surface area (Å²) in [5, 5.41) is 10.2. The van der Waals surface area contributed by atoms with Crippen molar-refractivity contribution in [2.24, 2.45) is 0 Å². The van der Waals surface area contributed by atoms with Crippen molar-refractivity contribution in [2.75, 3.05) is 6.54 Å². The number of carbonyl (C=O) groups is 2. The van der Waals surface area contributed by atoms with Crippen molar-refractivity contribution in [2.45, 2.75) is 52.3 Å². The summed E-state index contributed by atoms with van der Waals surface area (Å²) in [7, 11) is 0. The number of hydroxylamine groups is 2. The third kappa shape index (κ3) is 3.33. The molecule has 98 valence electrons. The lowest BCUT2D eigenvalue weighted by Gasteiger charge is -2.28. The fourth-order valence-electron chi connectivity index (χ4n) is 1.66. The van der Waals surface area contributed by atoms with Gasteiger partial charge < -0.3 is 4.74 Å². The van der Waals surface area contributed by atoms with Crippen molar-refractivity contribution < 1.29 is 19.5 Å². The van der Waals surface area contributed by atoms with Crippen LogP contribution in [0.15, 0.2) is 0 Å². The van der Waals surface area contributed by atoms with Gasteiger partial charge in [-0.15, -0.1) is 0 Å². The van der Waals surface area contributed by atoms with Crippen molar-refractivity contribution >= 4 is 12.0 Å². The zero-order chi connectivity index (χ0) is 13.2. The van der Waals surface area contributed by atoms with Crippen LogP contribution in [-0.2, 0) is 9.53 Å². The number of amides is 2. The van der Waals surface area contributed by atoms with Crippen molar-refractivity contribution in [1.82, 2.24) is 9.96 Å². The highest BCUT2D eigenvalue weighted by Gasteiger charge is 2.41. The number of carbonyl (C=O) groups excluding carboxylic acids is 2. The number of hydrogen-bond donors (Lipinski definition) is 1. The molecule has 1 rings (SSSR count). The Bertz CT molecular complexity index is 311. The molecular weight excluding hydrogens is 224 g/mol. The van der Waals surface area contributed by atoms with Gasteiger partial charge in [0.2, 0.25) is 0 Å². The largest absolute Gasteiger partial charge is 0.444 e. The lowest BCUT2D eigenvalue weighted by Crippen LogP contribution is -2.43. The lowest BCUT2D eigenvalue weighted by molar-refractivity contribution is -0.169.